The van der Waals surface area contributed by atoms with Gasteiger partial charge in [0.05, 0.1) is 62.5 Å². The smallest absolute Gasteiger partial charge is 0.143 e. The SMILES string of the molecule is c1ccc2c(c1)Oc1cc3c(cc1S2)c1ccccc1n3-c1ccc(N(c2ccc(-n3c4ccccc4c4cc5c(cc43)Oc3ccccc3S5)cc2)c2ccc(-n3c4ccccc4c4cc5c(cc43)Oc3ccccc3S5)cc2)cc1. The highest BCUT2D eigenvalue weighted by molar-refractivity contribution is 8.00. The van der Waals surface area contributed by atoms with Crippen LogP contribution >= 0.6 is 35.3 Å². The topological polar surface area (TPSA) is 45.7 Å². The van der Waals surface area contributed by atoms with E-state index in [9.17, 15) is 0 Å². The van der Waals surface area contributed by atoms with Gasteiger partial charge >= 0.3 is 0 Å². The zero-order valence-corrected chi connectivity index (χ0v) is 45.9. The fraction of sp³-hybridized carbons (Fsp3) is 0. The van der Waals surface area contributed by atoms with Crippen LogP contribution in [0.2, 0.25) is 0 Å². The zero-order chi connectivity index (χ0) is 53.6. The Bertz CT molecular complexity index is 4660. The van der Waals surface area contributed by atoms with Crippen molar-refractivity contribution in [3.05, 3.63) is 255 Å². The van der Waals surface area contributed by atoms with Gasteiger partial charge in [-0.1, -0.05) is 126 Å². The van der Waals surface area contributed by atoms with Crippen molar-refractivity contribution in [1.29, 1.82) is 0 Å². The summed E-state index contributed by atoms with van der Waals surface area (Å²) in [4.78, 5) is 9.08. The number of rotatable bonds is 6. The first-order chi connectivity index (χ1) is 40.6. The van der Waals surface area contributed by atoms with Gasteiger partial charge in [0.2, 0.25) is 0 Å². The van der Waals surface area contributed by atoms with E-state index >= 15 is 0 Å². The van der Waals surface area contributed by atoms with Gasteiger partial charge in [0.1, 0.15) is 34.5 Å². The Morgan fingerprint density at radius 1 is 0.232 bits per heavy atom. The van der Waals surface area contributed by atoms with Crippen molar-refractivity contribution in [2.45, 2.75) is 29.4 Å². The molecule has 7 nitrogen and oxygen atoms in total. The summed E-state index contributed by atoms with van der Waals surface area (Å²) >= 11 is 5.29. The summed E-state index contributed by atoms with van der Waals surface area (Å²) < 4.78 is 26.8. The van der Waals surface area contributed by atoms with Gasteiger partial charge in [-0.15, -0.1) is 0 Å². The lowest BCUT2D eigenvalue weighted by Gasteiger charge is -2.26. The van der Waals surface area contributed by atoms with E-state index in [4.69, 9.17) is 14.2 Å². The molecule has 15 aromatic rings. The number of benzene rings is 12. The molecule has 0 atom stereocenters. The molecular formula is C72H42N4O3S3. The fourth-order valence-electron chi connectivity index (χ4n) is 12.5. The Morgan fingerprint density at radius 3 is 0.829 bits per heavy atom. The minimum Gasteiger partial charge on any atom is -0.455 e. The number of anilines is 3. The summed E-state index contributed by atoms with van der Waals surface area (Å²) in [6.45, 7) is 0. The predicted molar refractivity (Wildman–Crippen MR) is 336 cm³/mol. The Morgan fingerprint density at radius 2 is 0.512 bits per heavy atom. The standard InChI is InChI=1S/C72H42N4O3S3/c1-4-16-55-49(13-1)52-37-70-64(77-61-19-7-10-22-67(61)80-70)40-58(52)74(55)46-31-25-43(26-32-46)73(44-27-33-47(34-28-44)75-56-17-5-2-14-50(56)53-38-71-65(41-59(53)75)78-62-20-8-11-23-68(62)81-71)45-29-35-48(36-30-45)76-57-18-6-3-15-51(57)54-39-72-66(42-60(54)76)79-63-21-9-12-24-69(63)82-72/h1-42H. The van der Waals surface area contributed by atoms with Crippen LogP contribution in [0.25, 0.3) is 82.5 Å². The first kappa shape index (κ1) is 46.1. The quantitative estimate of drug-likeness (QED) is 0.164. The van der Waals surface area contributed by atoms with Gasteiger partial charge < -0.3 is 32.8 Å². The first-order valence-corrected chi connectivity index (χ1v) is 29.7. The number of hydrogen-bond acceptors (Lipinski definition) is 7. The molecule has 12 aromatic carbocycles. The highest BCUT2D eigenvalue weighted by Gasteiger charge is 2.26. The van der Waals surface area contributed by atoms with E-state index in [1.165, 1.54) is 32.3 Å². The van der Waals surface area contributed by atoms with Crippen molar-refractivity contribution < 1.29 is 14.2 Å². The van der Waals surface area contributed by atoms with Crippen LogP contribution in [-0.4, -0.2) is 13.7 Å². The second-order valence-electron chi connectivity index (χ2n) is 20.8. The van der Waals surface area contributed by atoms with Crippen LogP contribution in [-0.2, 0) is 0 Å². The number of para-hydroxylation sites is 6. The molecule has 0 fully saturated rings. The van der Waals surface area contributed by atoms with Crippen LogP contribution in [0, 0.1) is 0 Å². The molecule has 0 N–H and O–H groups in total. The van der Waals surface area contributed by atoms with Crippen molar-refractivity contribution in [3.63, 3.8) is 0 Å². The van der Waals surface area contributed by atoms with E-state index in [2.05, 4.69) is 237 Å². The molecule has 0 amide bonds. The van der Waals surface area contributed by atoms with E-state index in [1.54, 1.807) is 35.3 Å². The van der Waals surface area contributed by atoms with Gasteiger partial charge in [-0.2, -0.15) is 0 Å². The van der Waals surface area contributed by atoms with Crippen LogP contribution < -0.4 is 19.1 Å². The maximum Gasteiger partial charge on any atom is 0.143 e. The number of fused-ring (bicyclic) bond motifs is 15. The average molecular weight is 1110 g/mol. The molecular weight excluding hydrogens is 1070 g/mol. The number of aromatic nitrogens is 3. The van der Waals surface area contributed by atoms with Crippen molar-refractivity contribution in [1.82, 2.24) is 13.7 Å². The molecule has 3 aliphatic heterocycles. The molecule has 0 saturated heterocycles. The molecule has 0 unspecified atom stereocenters. The molecule has 10 heteroatoms. The third-order valence-electron chi connectivity index (χ3n) is 16.2. The second-order valence-corrected chi connectivity index (χ2v) is 24.1. The summed E-state index contributed by atoms with van der Waals surface area (Å²) in [6, 6.07) is 91.4. The van der Waals surface area contributed by atoms with E-state index in [0.717, 1.165) is 131 Å². The number of nitrogens with zero attached hydrogens (tertiary/aromatic N) is 4. The number of ether oxygens (including phenoxy) is 3. The molecule has 82 heavy (non-hydrogen) atoms. The number of hydrogen-bond donors (Lipinski definition) is 0. The summed E-state index contributed by atoms with van der Waals surface area (Å²) in [6.07, 6.45) is 0. The molecule has 3 aliphatic rings. The van der Waals surface area contributed by atoms with Crippen LogP contribution in [0.15, 0.2) is 284 Å². The van der Waals surface area contributed by atoms with Crippen molar-refractivity contribution in [2.75, 3.05) is 4.90 Å². The van der Waals surface area contributed by atoms with Crippen LogP contribution in [0.5, 0.6) is 34.5 Å². The van der Waals surface area contributed by atoms with Crippen molar-refractivity contribution in [3.8, 4) is 51.6 Å². The van der Waals surface area contributed by atoms with Gasteiger partial charge in [0.25, 0.3) is 0 Å². The maximum atomic E-state index is 6.58. The highest BCUT2D eigenvalue weighted by atomic mass is 32.2. The van der Waals surface area contributed by atoms with E-state index < -0.39 is 0 Å². The van der Waals surface area contributed by atoms with Crippen LogP contribution in [0.1, 0.15) is 0 Å². The Labute approximate surface area is 483 Å². The summed E-state index contributed by atoms with van der Waals surface area (Å²) in [5, 5.41) is 7.17. The first-order valence-electron chi connectivity index (χ1n) is 27.3. The second kappa shape index (κ2) is 17.9. The van der Waals surface area contributed by atoms with Crippen LogP contribution in [0.3, 0.4) is 0 Å². The molecule has 386 valence electrons. The van der Waals surface area contributed by atoms with Crippen LogP contribution in [0.4, 0.5) is 17.1 Å². The predicted octanol–water partition coefficient (Wildman–Crippen LogP) is 21.2. The lowest BCUT2D eigenvalue weighted by molar-refractivity contribution is 0.455. The third kappa shape index (κ3) is 7.08. The largest absolute Gasteiger partial charge is 0.455 e. The minimum atomic E-state index is 0.867. The van der Waals surface area contributed by atoms with Gasteiger partial charge in [0.15, 0.2) is 0 Å². The fourth-order valence-corrected chi connectivity index (χ4v) is 15.4. The van der Waals surface area contributed by atoms with Gasteiger partial charge in [-0.3, -0.25) is 0 Å². The minimum absolute atomic E-state index is 0.867. The molecule has 0 spiro atoms. The lowest BCUT2D eigenvalue weighted by Crippen LogP contribution is -2.10. The lowest BCUT2D eigenvalue weighted by atomic mass is 10.1. The monoisotopic (exact) mass is 1110 g/mol. The van der Waals surface area contributed by atoms with Gasteiger partial charge in [-0.05, 0) is 146 Å². The molecule has 3 aromatic heterocycles. The molecule has 0 aliphatic carbocycles. The average Bonchev–Trinajstić information content (AvgIpc) is 4.36. The maximum absolute atomic E-state index is 6.58. The van der Waals surface area contributed by atoms with Gasteiger partial charge in [-0.25, -0.2) is 0 Å². The van der Waals surface area contributed by atoms with Crippen molar-refractivity contribution >= 4 is 118 Å². The normalized spacial score (nSPS) is 13.0. The Balaban J connectivity index is 0.767. The Hall–Kier alpha value is -9.71. The summed E-state index contributed by atoms with van der Waals surface area (Å²) in [7, 11) is 0. The van der Waals surface area contributed by atoms with Gasteiger partial charge in [0, 0.05) is 84.6 Å². The molecule has 18 rings (SSSR count). The molecule has 0 radical (unpaired) electrons. The molecule has 0 saturated carbocycles. The van der Waals surface area contributed by atoms with E-state index in [0.29, 0.717) is 0 Å². The Kier molecular flexibility index (Phi) is 10.1. The van der Waals surface area contributed by atoms with E-state index in [-0.39, 0.29) is 0 Å². The third-order valence-corrected chi connectivity index (χ3v) is 19.5. The summed E-state index contributed by atoms with van der Waals surface area (Å²) in [5.74, 6) is 5.26. The molecule has 6 heterocycles. The highest BCUT2D eigenvalue weighted by Crippen LogP contribution is 2.53. The summed E-state index contributed by atoms with van der Waals surface area (Å²) in [5.41, 5.74) is 12.9. The zero-order valence-electron chi connectivity index (χ0n) is 43.5. The van der Waals surface area contributed by atoms with E-state index in [1.807, 2.05) is 36.4 Å². The van der Waals surface area contributed by atoms with Crippen molar-refractivity contribution in [2.24, 2.45) is 0 Å². The molecule has 0 bridgehead atoms.